The highest BCUT2D eigenvalue weighted by Gasteiger charge is 2.28. The largest absolute Gasteiger partial charge is 0.381 e. The Bertz CT molecular complexity index is 448. The molecule has 2 aliphatic heterocycles. The maximum atomic E-state index is 12.4. The first-order valence-electron chi connectivity index (χ1n) is 9.41. The molecule has 1 saturated carbocycles. The minimum absolute atomic E-state index is 0.139. The summed E-state index contributed by atoms with van der Waals surface area (Å²) in [4.78, 5) is 2.54. The van der Waals surface area contributed by atoms with Gasteiger partial charge in [-0.15, -0.1) is 0 Å². The first-order chi connectivity index (χ1) is 11.1. The molecule has 5 nitrogen and oxygen atoms in total. The van der Waals surface area contributed by atoms with E-state index in [2.05, 4.69) is 9.62 Å². The van der Waals surface area contributed by atoms with Gasteiger partial charge in [-0.05, 0) is 63.5 Å². The first kappa shape index (κ1) is 17.6. The number of likely N-dealkylation sites (tertiary alicyclic amines) is 1. The van der Waals surface area contributed by atoms with Crippen molar-refractivity contribution >= 4 is 10.0 Å². The van der Waals surface area contributed by atoms with Crippen LogP contribution in [0.15, 0.2) is 0 Å². The zero-order chi connectivity index (χ0) is 16.1. The van der Waals surface area contributed by atoms with Gasteiger partial charge in [0.15, 0.2) is 0 Å². The number of piperidine rings is 1. The number of nitrogens with zero attached hydrogens (tertiary/aromatic N) is 1. The molecule has 134 valence electrons. The third-order valence-corrected chi connectivity index (χ3v) is 7.32. The molecule has 23 heavy (non-hydrogen) atoms. The van der Waals surface area contributed by atoms with Crippen LogP contribution in [0.3, 0.4) is 0 Å². The third-order valence-electron chi connectivity index (χ3n) is 5.72. The fraction of sp³-hybridized carbons (Fsp3) is 1.00. The van der Waals surface area contributed by atoms with E-state index in [1.807, 2.05) is 0 Å². The van der Waals surface area contributed by atoms with E-state index in [-0.39, 0.29) is 17.7 Å². The van der Waals surface area contributed by atoms with E-state index < -0.39 is 10.0 Å². The fourth-order valence-corrected chi connectivity index (χ4v) is 6.11. The van der Waals surface area contributed by atoms with Gasteiger partial charge in [0.05, 0.1) is 5.75 Å². The van der Waals surface area contributed by atoms with Crippen LogP contribution >= 0.6 is 0 Å². The van der Waals surface area contributed by atoms with E-state index in [1.54, 1.807) is 0 Å². The summed E-state index contributed by atoms with van der Waals surface area (Å²) in [5.74, 6) is 1.43. The van der Waals surface area contributed by atoms with Crippen LogP contribution in [0.5, 0.6) is 0 Å². The van der Waals surface area contributed by atoms with Crippen molar-refractivity contribution < 1.29 is 13.2 Å². The Kier molecular flexibility index (Phi) is 6.35. The summed E-state index contributed by atoms with van der Waals surface area (Å²) in [6.45, 7) is 4.73. The number of ether oxygens (including phenoxy) is 1. The number of rotatable bonds is 6. The Morgan fingerprint density at radius 1 is 0.913 bits per heavy atom. The lowest BCUT2D eigenvalue weighted by atomic mass is 10.0. The topological polar surface area (TPSA) is 58.6 Å². The lowest BCUT2D eigenvalue weighted by Crippen LogP contribution is -2.46. The Morgan fingerprint density at radius 3 is 2.22 bits per heavy atom. The van der Waals surface area contributed by atoms with Gasteiger partial charge >= 0.3 is 0 Å². The third kappa shape index (κ3) is 5.69. The van der Waals surface area contributed by atoms with E-state index in [9.17, 15) is 8.42 Å². The normalized spacial score (nSPS) is 26.8. The van der Waals surface area contributed by atoms with Crippen LogP contribution in [-0.4, -0.2) is 58.0 Å². The summed E-state index contributed by atoms with van der Waals surface area (Å²) >= 11 is 0. The smallest absolute Gasteiger partial charge is 0.212 e. The molecule has 0 radical (unpaired) electrons. The van der Waals surface area contributed by atoms with Crippen molar-refractivity contribution in [1.29, 1.82) is 0 Å². The van der Waals surface area contributed by atoms with Crippen molar-refractivity contribution in [3.05, 3.63) is 0 Å². The molecule has 2 heterocycles. The molecule has 0 spiro atoms. The molecular weight excluding hydrogens is 312 g/mol. The summed E-state index contributed by atoms with van der Waals surface area (Å²) < 4.78 is 33.0. The summed E-state index contributed by atoms with van der Waals surface area (Å²) in [6.07, 6.45) is 9.23. The van der Waals surface area contributed by atoms with Crippen LogP contribution in [-0.2, 0) is 14.8 Å². The van der Waals surface area contributed by atoms with E-state index >= 15 is 0 Å². The lowest BCUT2D eigenvalue weighted by molar-refractivity contribution is 0.0722. The van der Waals surface area contributed by atoms with Gasteiger partial charge in [-0.3, -0.25) is 0 Å². The van der Waals surface area contributed by atoms with Crippen LogP contribution in [0.4, 0.5) is 0 Å². The molecule has 0 amide bonds. The van der Waals surface area contributed by atoms with Gasteiger partial charge in [0.2, 0.25) is 10.0 Å². The second kappa shape index (κ2) is 8.28. The van der Waals surface area contributed by atoms with Crippen molar-refractivity contribution in [2.45, 2.75) is 57.4 Å². The van der Waals surface area contributed by atoms with Crippen LogP contribution in [0.25, 0.3) is 0 Å². The zero-order valence-electron chi connectivity index (χ0n) is 14.2. The molecule has 0 unspecified atom stereocenters. The van der Waals surface area contributed by atoms with Crippen molar-refractivity contribution in [3.8, 4) is 0 Å². The minimum Gasteiger partial charge on any atom is -0.381 e. The van der Waals surface area contributed by atoms with E-state index in [4.69, 9.17) is 4.74 Å². The Morgan fingerprint density at radius 2 is 1.57 bits per heavy atom. The average Bonchev–Trinajstić information content (AvgIpc) is 3.02. The van der Waals surface area contributed by atoms with Gasteiger partial charge in [-0.1, -0.05) is 12.8 Å². The molecule has 0 aromatic heterocycles. The molecule has 0 aromatic carbocycles. The molecule has 3 rings (SSSR count). The van der Waals surface area contributed by atoms with Crippen LogP contribution in [0.2, 0.25) is 0 Å². The maximum Gasteiger partial charge on any atom is 0.212 e. The van der Waals surface area contributed by atoms with Gasteiger partial charge < -0.3 is 9.64 Å². The molecule has 1 N–H and O–H groups in total. The minimum atomic E-state index is -3.14. The van der Waals surface area contributed by atoms with E-state index in [1.165, 1.54) is 32.2 Å². The SMILES string of the molecule is O=S(=O)(CC1CCOCC1)NC1CCN(CC2CCCC2)CC1. The second-order valence-electron chi connectivity index (χ2n) is 7.68. The highest BCUT2D eigenvalue weighted by molar-refractivity contribution is 7.89. The van der Waals surface area contributed by atoms with Gasteiger partial charge in [-0.2, -0.15) is 0 Å². The van der Waals surface area contributed by atoms with E-state index in [0.717, 1.165) is 44.7 Å². The van der Waals surface area contributed by atoms with Gasteiger partial charge in [0.25, 0.3) is 0 Å². The molecule has 3 fully saturated rings. The highest BCUT2D eigenvalue weighted by Crippen LogP contribution is 2.26. The highest BCUT2D eigenvalue weighted by atomic mass is 32.2. The summed E-state index contributed by atoms with van der Waals surface area (Å²) in [6, 6.07) is 0.139. The molecule has 6 heteroatoms. The fourth-order valence-electron chi connectivity index (χ4n) is 4.32. The average molecular weight is 345 g/mol. The second-order valence-corrected chi connectivity index (χ2v) is 9.48. The van der Waals surface area contributed by atoms with Crippen molar-refractivity contribution in [2.75, 3.05) is 38.6 Å². The zero-order valence-corrected chi connectivity index (χ0v) is 15.0. The number of sulfonamides is 1. The molecular formula is C17H32N2O3S. The van der Waals surface area contributed by atoms with Crippen LogP contribution in [0, 0.1) is 11.8 Å². The quantitative estimate of drug-likeness (QED) is 0.800. The van der Waals surface area contributed by atoms with Gasteiger partial charge in [0.1, 0.15) is 0 Å². The maximum absolute atomic E-state index is 12.4. The molecule has 1 aliphatic carbocycles. The Balaban J connectivity index is 1.38. The molecule has 3 aliphatic rings. The van der Waals surface area contributed by atoms with Crippen LogP contribution < -0.4 is 4.72 Å². The molecule has 0 atom stereocenters. The summed E-state index contributed by atoms with van der Waals surface area (Å²) in [7, 11) is -3.14. The van der Waals surface area contributed by atoms with Crippen LogP contribution in [0.1, 0.15) is 51.4 Å². The summed E-state index contributed by atoms with van der Waals surface area (Å²) in [5, 5.41) is 0. The number of nitrogens with one attached hydrogen (secondary N) is 1. The van der Waals surface area contributed by atoms with Crippen molar-refractivity contribution in [3.63, 3.8) is 0 Å². The number of hydrogen-bond donors (Lipinski definition) is 1. The predicted molar refractivity (Wildman–Crippen MR) is 91.9 cm³/mol. The van der Waals surface area contributed by atoms with Crippen molar-refractivity contribution in [2.24, 2.45) is 11.8 Å². The van der Waals surface area contributed by atoms with Gasteiger partial charge in [0, 0.05) is 25.8 Å². The predicted octanol–water partition coefficient (Wildman–Crippen LogP) is 1.99. The monoisotopic (exact) mass is 344 g/mol. The Hall–Kier alpha value is -0.170. The standard InChI is InChI=1S/C17H32N2O3S/c20-23(21,14-16-7-11-22-12-8-16)18-17-5-9-19(10-6-17)13-15-3-1-2-4-15/h15-18H,1-14H2. The molecule has 0 bridgehead atoms. The number of hydrogen-bond acceptors (Lipinski definition) is 4. The molecule has 2 saturated heterocycles. The van der Waals surface area contributed by atoms with E-state index in [0.29, 0.717) is 13.2 Å². The van der Waals surface area contributed by atoms with Crippen molar-refractivity contribution in [1.82, 2.24) is 9.62 Å². The molecule has 0 aromatic rings. The lowest BCUT2D eigenvalue weighted by Gasteiger charge is -2.34. The first-order valence-corrected chi connectivity index (χ1v) is 11.1. The van der Waals surface area contributed by atoms with Gasteiger partial charge in [-0.25, -0.2) is 13.1 Å². The Labute approximate surface area is 141 Å². The summed E-state index contributed by atoms with van der Waals surface area (Å²) in [5.41, 5.74) is 0.